The third-order valence-corrected chi connectivity index (χ3v) is 5.38. The molecule has 164 valence electrons. The Hall–Kier alpha value is -3.27. The first-order chi connectivity index (χ1) is 14.5. The van der Waals surface area contributed by atoms with Crippen molar-refractivity contribution in [1.82, 2.24) is 14.3 Å². The van der Waals surface area contributed by atoms with E-state index in [-0.39, 0.29) is 22.8 Å². The van der Waals surface area contributed by atoms with E-state index < -0.39 is 34.2 Å². The maximum absolute atomic E-state index is 14.7. The van der Waals surface area contributed by atoms with Crippen molar-refractivity contribution >= 4 is 5.82 Å². The molecule has 3 aromatic rings. The van der Waals surface area contributed by atoms with E-state index in [9.17, 15) is 23.1 Å². The molecule has 0 saturated carbocycles. The van der Waals surface area contributed by atoms with Crippen molar-refractivity contribution in [3.05, 3.63) is 57.6 Å². The summed E-state index contributed by atoms with van der Waals surface area (Å²) in [6.07, 6.45) is 0. The van der Waals surface area contributed by atoms with E-state index in [0.29, 0.717) is 18.9 Å². The van der Waals surface area contributed by atoms with Gasteiger partial charge < -0.3 is 14.7 Å². The van der Waals surface area contributed by atoms with Crippen LogP contribution < -0.4 is 15.2 Å². The molecule has 1 aliphatic rings. The van der Waals surface area contributed by atoms with Crippen LogP contribution in [0.25, 0.3) is 17.1 Å². The lowest BCUT2D eigenvalue weighted by molar-refractivity contribution is 0.0305. The molecular formula is C21H21F3N4O3. The third kappa shape index (κ3) is 3.36. The quantitative estimate of drug-likeness (QED) is 0.684. The van der Waals surface area contributed by atoms with Crippen LogP contribution in [0.15, 0.2) is 29.1 Å². The lowest BCUT2D eigenvalue weighted by Gasteiger charge is -2.45. The lowest BCUT2D eigenvalue weighted by atomic mass is 9.97. The third-order valence-electron chi connectivity index (χ3n) is 5.38. The molecule has 0 aliphatic carbocycles. The molecule has 1 N–H and O–H groups in total. The fourth-order valence-electron chi connectivity index (χ4n) is 3.90. The van der Waals surface area contributed by atoms with Crippen LogP contribution in [0.5, 0.6) is 5.75 Å². The number of β-amino-alcohol motifs (C(OH)–C–C–N with tert-alkyl or cyclic N) is 1. The van der Waals surface area contributed by atoms with E-state index in [0.717, 1.165) is 22.9 Å². The molecule has 2 aromatic heterocycles. The van der Waals surface area contributed by atoms with E-state index >= 15 is 0 Å². The summed E-state index contributed by atoms with van der Waals surface area (Å²) in [6, 6.07) is 4.62. The Bertz CT molecular complexity index is 1220. The van der Waals surface area contributed by atoms with Gasteiger partial charge in [0.1, 0.15) is 23.2 Å². The summed E-state index contributed by atoms with van der Waals surface area (Å²) in [5.74, 6) is -2.56. The van der Waals surface area contributed by atoms with E-state index in [1.165, 1.54) is 31.8 Å². The Morgan fingerprint density at radius 3 is 2.29 bits per heavy atom. The summed E-state index contributed by atoms with van der Waals surface area (Å²) in [6.45, 7) is 3.69. The molecule has 1 aliphatic heterocycles. The molecule has 10 heteroatoms. The van der Waals surface area contributed by atoms with Gasteiger partial charge in [0.25, 0.3) is 5.56 Å². The molecular weight excluding hydrogens is 413 g/mol. The number of aromatic nitrogens is 3. The predicted octanol–water partition coefficient (Wildman–Crippen LogP) is 2.54. The summed E-state index contributed by atoms with van der Waals surface area (Å²) in [5, 5.41) is 9.95. The predicted molar refractivity (Wildman–Crippen MR) is 108 cm³/mol. The van der Waals surface area contributed by atoms with Gasteiger partial charge in [0, 0.05) is 37.8 Å². The Labute approximate surface area is 175 Å². The first-order valence-corrected chi connectivity index (χ1v) is 9.50. The van der Waals surface area contributed by atoms with E-state index in [4.69, 9.17) is 4.74 Å². The number of hydrogen-bond acceptors (Lipinski definition) is 5. The van der Waals surface area contributed by atoms with Crippen LogP contribution in [-0.2, 0) is 7.05 Å². The van der Waals surface area contributed by atoms with Crippen LogP contribution in [0.3, 0.4) is 0 Å². The lowest BCUT2D eigenvalue weighted by Crippen LogP contribution is -2.60. The zero-order chi connectivity index (χ0) is 22.7. The molecule has 4 rings (SSSR count). The summed E-state index contributed by atoms with van der Waals surface area (Å²) in [5.41, 5.74) is -1.96. The largest absolute Gasteiger partial charge is 0.497 e. The van der Waals surface area contributed by atoms with Crippen molar-refractivity contribution in [2.24, 2.45) is 7.05 Å². The molecule has 0 amide bonds. The second-order valence-corrected chi connectivity index (χ2v) is 7.91. The first-order valence-electron chi connectivity index (χ1n) is 9.50. The van der Waals surface area contributed by atoms with Crippen molar-refractivity contribution in [2.45, 2.75) is 19.4 Å². The van der Waals surface area contributed by atoms with Crippen LogP contribution in [0, 0.1) is 24.4 Å². The fourth-order valence-corrected chi connectivity index (χ4v) is 3.90. The number of rotatable bonds is 4. The number of ether oxygens (including phenoxy) is 1. The second kappa shape index (κ2) is 7.16. The maximum atomic E-state index is 14.7. The monoisotopic (exact) mass is 434 g/mol. The van der Waals surface area contributed by atoms with Gasteiger partial charge in [-0.25, -0.2) is 18.2 Å². The molecule has 0 radical (unpaired) electrons. The fraction of sp³-hybridized carbons (Fsp3) is 0.333. The first kappa shape index (κ1) is 21.0. The number of pyridine rings is 1. The molecule has 1 saturated heterocycles. The number of benzene rings is 1. The number of aliphatic hydroxyl groups is 1. The van der Waals surface area contributed by atoms with Gasteiger partial charge in [0.15, 0.2) is 11.6 Å². The van der Waals surface area contributed by atoms with Gasteiger partial charge >= 0.3 is 0 Å². The highest BCUT2D eigenvalue weighted by Crippen LogP contribution is 2.32. The molecule has 31 heavy (non-hydrogen) atoms. The molecule has 0 spiro atoms. The molecule has 0 bridgehead atoms. The Balaban J connectivity index is 1.88. The molecule has 0 unspecified atom stereocenters. The van der Waals surface area contributed by atoms with Gasteiger partial charge in [-0.15, -0.1) is 0 Å². The summed E-state index contributed by atoms with van der Waals surface area (Å²) in [4.78, 5) is 18.9. The van der Waals surface area contributed by atoms with Gasteiger partial charge in [-0.1, -0.05) is 0 Å². The molecule has 0 atom stereocenters. The van der Waals surface area contributed by atoms with Crippen LogP contribution in [0.4, 0.5) is 19.0 Å². The highest BCUT2D eigenvalue weighted by molar-refractivity contribution is 5.66. The minimum atomic E-state index is -0.919. The Morgan fingerprint density at radius 1 is 1.13 bits per heavy atom. The average Bonchev–Trinajstić information content (AvgIpc) is 2.89. The minimum Gasteiger partial charge on any atom is -0.497 e. The summed E-state index contributed by atoms with van der Waals surface area (Å²) in [7, 11) is 2.68. The van der Waals surface area contributed by atoms with Crippen LogP contribution in [-0.4, -0.2) is 45.3 Å². The highest BCUT2D eigenvalue weighted by atomic mass is 19.1. The smallest absolute Gasteiger partial charge is 0.276 e. The minimum absolute atomic E-state index is 0.00770. The van der Waals surface area contributed by atoms with E-state index in [1.54, 1.807) is 11.8 Å². The number of hydrogen-bond donors (Lipinski definition) is 1. The van der Waals surface area contributed by atoms with Crippen molar-refractivity contribution < 1.29 is 23.0 Å². The topological polar surface area (TPSA) is 72.5 Å². The van der Waals surface area contributed by atoms with Crippen LogP contribution in [0.1, 0.15) is 12.5 Å². The standard InChI is InChI=1S/C21H21F3N4O3/c1-11-18(17-14(23)7-12(31-4)8-15(17)24)26(3)28(20(11)29)19-13(22)5-6-16(25-19)27-9-21(2,30)10-27/h5-8,30H,9-10H2,1-4H3. The number of nitrogens with zero attached hydrogens (tertiary/aromatic N) is 4. The molecule has 7 nitrogen and oxygen atoms in total. The molecule has 1 aromatic carbocycles. The number of anilines is 1. The maximum Gasteiger partial charge on any atom is 0.276 e. The zero-order valence-corrected chi connectivity index (χ0v) is 17.4. The van der Waals surface area contributed by atoms with Gasteiger partial charge in [-0.05, 0) is 26.0 Å². The Morgan fingerprint density at radius 2 is 1.74 bits per heavy atom. The Kier molecular flexibility index (Phi) is 4.84. The van der Waals surface area contributed by atoms with Crippen LogP contribution >= 0.6 is 0 Å². The SMILES string of the molecule is COc1cc(F)c(-c2c(C)c(=O)n(-c3nc(N4CC(C)(O)C4)ccc3F)n2C)c(F)c1. The van der Waals surface area contributed by atoms with Gasteiger partial charge in [0.2, 0.25) is 0 Å². The number of halogens is 3. The van der Waals surface area contributed by atoms with Gasteiger partial charge in [0.05, 0.1) is 24.0 Å². The van der Waals surface area contributed by atoms with E-state index in [1.807, 2.05) is 0 Å². The zero-order valence-electron chi connectivity index (χ0n) is 17.4. The highest BCUT2D eigenvalue weighted by Gasteiger charge is 2.37. The van der Waals surface area contributed by atoms with Crippen molar-refractivity contribution in [3.63, 3.8) is 0 Å². The average molecular weight is 434 g/mol. The van der Waals surface area contributed by atoms with Gasteiger partial charge in [-0.2, -0.15) is 4.68 Å². The van der Waals surface area contributed by atoms with Crippen molar-refractivity contribution in [1.29, 1.82) is 0 Å². The summed E-state index contributed by atoms with van der Waals surface area (Å²) < 4.78 is 51.1. The number of methoxy groups -OCH3 is 1. The van der Waals surface area contributed by atoms with Gasteiger partial charge in [-0.3, -0.25) is 9.48 Å². The van der Waals surface area contributed by atoms with Crippen molar-refractivity contribution in [2.75, 3.05) is 25.1 Å². The molecule has 1 fully saturated rings. The summed E-state index contributed by atoms with van der Waals surface area (Å²) >= 11 is 0. The second-order valence-electron chi connectivity index (χ2n) is 7.91. The van der Waals surface area contributed by atoms with Crippen LogP contribution in [0.2, 0.25) is 0 Å². The van der Waals surface area contributed by atoms with Crippen molar-refractivity contribution in [3.8, 4) is 22.8 Å². The normalized spacial score (nSPS) is 15.2. The van der Waals surface area contributed by atoms with E-state index in [2.05, 4.69) is 4.98 Å². The molecule has 3 heterocycles.